The molecule has 5 heteroatoms. The number of halogens is 1. The highest BCUT2D eigenvalue weighted by Gasteiger charge is 2.30. The third-order valence-corrected chi connectivity index (χ3v) is 3.75. The zero-order valence-electron chi connectivity index (χ0n) is 15.3. The minimum atomic E-state index is -0.502. The van der Waals surface area contributed by atoms with Crippen LogP contribution in [0.1, 0.15) is 47.1 Å². The van der Waals surface area contributed by atoms with Gasteiger partial charge < -0.3 is 15.0 Å². The molecule has 0 saturated carbocycles. The number of carbonyl (C=O) groups excluding carboxylic acids is 1. The van der Waals surface area contributed by atoms with Crippen LogP contribution in [-0.2, 0) is 4.74 Å². The summed E-state index contributed by atoms with van der Waals surface area (Å²) < 4.78 is 5.51. The van der Waals surface area contributed by atoms with Crippen molar-refractivity contribution in [2.45, 2.75) is 59.6 Å². The van der Waals surface area contributed by atoms with Crippen molar-refractivity contribution in [2.75, 3.05) is 18.4 Å². The van der Waals surface area contributed by atoms with Gasteiger partial charge in [0.1, 0.15) is 5.60 Å². The van der Waals surface area contributed by atoms with Crippen LogP contribution >= 0.6 is 11.6 Å². The molecule has 0 aliphatic heterocycles. The third-order valence-electron chi connectivity index (χ3n) is 3.34. The lowest BCUT2D eigenvalue weighted by Crippen LogP contribution is -2.49. The zero-order valence-corrected chi connectivity index (χ0v) is 16.0. The molecule has 0 aliphatic rings. The number of ether oxygens (including phenoxy) is 1. The lowest BCUT2D eigenvalue weighted by Gasteiger charge is -2.37. The molecule has 0 aliphatic carbocycles. The summed E-state index contributed by atoms with van der Waals surface area (Å²) in [5.74, 6) is 0. The number of hydrogen-bond acceptors (Lipinski definition) is 3. The molecular formula is C18H29ClN2O2. The van der Waals surface area contributed by atoms with E-state index in [9.17, 15) is 4.79 Å². The molecular weight excluding hydrogens is 312 g/mol. The minimum absolute atomic E-state index is 0.297. The predicted molar refractivity (Wildman–Crippen MR) is 97.4 cm³/mol. The molecule has 1 N–H and O–H groups in total. The van der Waals surface area contributed by atoms with Gasteiger partial charge in [0.25, 0.3) is 0 Å². The number of rotatable bonds is 4. The Morgan fingerprint density at radius 3 is 2.35 bits per heavy atom. The molecule has 1 rings (SSSR count). The van der Waals surface area contributed by atoms with E-state index in [0.717, 1.165) is 16.3 Å². The average Bonchev–Trinajstić information content (AvgIpc) is 2.35. The van der Waals surface area contributed by atoms with E-state index >= 15 is 0 Å². The lowest BCUT2D eigenvalue weighted by molar-refractivity contribution is 0.00749. The van der Waals surface area contributed by atoms with Crippen LogP contribution in [-0.4, -0.2) is 35.2 Å². The minimum Gasteiger partial charge on any atom is -0.444 e. The van der Waals surface area contributed by atoms with Crippen LogP contribution < -0.4 is 5.32 Å². The number of carbonyl (C=O) groups is 1. The number of nitrogens with one attached hydrogen (secondary N) is 1. The first kappa shape index (κ1) is 19.6. The number of amides is 1. The highest BCUT2D eigenvalue weighted by atomic mass is 35.5. The maximum Gasteiger partial charge on any atom is 0.410 e. The largest absolute Gasteiger partial charge is 0.444 e. The maximum atomic E-state index is 12.4. The normalized spacial score (nSPS) is 12.0. The van der Waals surface area contributed by atoms with Gasteiger partial charge >= 0.3 is 6.09 Å². The van der Waals surface area contributed by atoms with E-state index in [4.69, 9.17) is 16.3 Å². The van der Waals surface area contributed by atoms with Crippen molar-refractivity contribution in [3.8, 4) is 0 Å². The van der Waals surface area contributed by atoms with Crippen molar-refractivity contribution in [1.82, 2.24) is 4.90 Å². The van der Waals surface area contributed by atoms with Crippen molar-refractivity contribution in [2.24, 2.45) is 0 Å². The van der Waals surface area contributed by atoms with Gasteiger partial charge in [0.15, 0.2) is 0 Å². The summed E-state index contributed by atoms with van der Waals surface area (Å²) in [6.45, 7) is 14.8. The Balaban J connectivity index is 2.72. The number of nitrogens with zero attached hydrogens (tertiary/aromatic N) is 1. The third kappa shape index (κ3) is 6.30. The second-order valence-electron chi connectivity index (χ2n) is 7.64. The molecule has 0 atom stereocenters. The molecule has 0 aromatic heterocycles. The molecule has 0 spiro atoms. The summed E-state index contributed by atoms with van der Waals surface area (Å²) in [4.78, 5) is 14.2. The highest BCUT2D eigenvalue weighted by molar-refractivity contribution is 6.31. The second-order valence-corrected chi connectivity index (χ2v) is 8.05. The van der Waals surface area contributed by atoms with Gasteiger partial charge in [-0.3, -0.25) is 0 Å². The van der Waals surface area contributed by atoms with Crippen molar-refractivity contribution < 1.29 is 9.53 Å². The van der Waals surface area contributed by atoms with Crippen LogP contribution in [0.2, 0.25) is 5.02 Å². The number of benzene rings is 1. The fourth-order valence-corrected chi connectivity index (χ4v) is 2.29. The van der Waals surface area contributed by atoms with Crippen LogP contribution in [0.15, 0.2) is 18.2 Å². The van der Waals surface area contributed by atoms with Crippen LogP contribution in [0.5, 0.6) is 0 Å². The Morgan fingerprint density at radius 1 is 1.22 bits per heavy atom. The van der Waals surface area contributed by atoms with E-state index in [2.05, 4.69) is 5.32 Å². The molecule has 4 nitrogen and oxygen atoms in total. The standard InChI is InChI=1S/C18H29ClN2O2/c1-13-14(19)9-8-10-15(13)20-11-12-21(17(2,3)4)16(22)23-18(5,6)7/h8-10,20H,11-12H2,1-7H3. The van der Waals surface area contributed by atoms with E-state index in [1.165, 1.54) is 0 Å². The van der Waals surface area contributed by atoms with Crippen molar-refractivity contribution >= 4 is 23.4 Å². The molecule has 1 amide bonds. The van der Waals surface area contributed by atoms with Gasteiger partial charge in [0.2, 0.25) is 0 Å². The Hall–Kier alpha value is -1.42. The lowest BCUT2D eigenvalue weighted by atomic mass is 10.1. The van der Waals surface area contributed by atoms with Gasteiger partial charge in [0, 0.05) is 29.3 Å². The van der Waals surface area contributed by atoms with Crippen LogP contribution in [0.3, 0.4) is 0 Å². The van der Waals surface area contributed by atoms with E-state index in [1.807, 2.05) is 66.7 Å². The Labute approximate surface area is 145 Å². The SMILES string of the molecule is Cc1c(Cl)cccc1NCCN(C(=O)OC(C)(C)C)C(C)(C)C. The van der Waals surface area contributed by atoms with Gasteiger partial charge in [-0.1, -0.05) is 17.7 Å². The summed E-state index contributed by atoms with van der Waals surface area (Å²) in [6, 6.07) is 5.76. The Morgan fingerprint density at radius 2 is 1.83 bits per heavy atom. The maximum absolute atomic E-state index is 12.4. The smallest absolute Gasteiger partial charge is 0.410 e. The summed E-state index contributed by atoms with van der Waals surface area (Å²) in [7, 11) is 0. The molecule has 1 aromatic carbocycles. The van der Waals surface area contributed by atoms with E-state index in [1.54, 1.807) is 4.90 Å². The summed E-state index contributed by atoms with van der Waals surface area (Å²) in [6.07, 6.45) is -0.297. The molecule has 0 fully saturated rings. The first-order valence-electron chi connectivity index (χ1n) is 7.91. The zero-order chi connectivity index (χ0) is 17.8. The fraction of sp³-hybridized carbons (Fsp3) is 0.611. The average molecular weight is 341 g/mol. The van der Waals surface area contributed by atoms with Crippen molar-refractivity contribution in [3.05, 3.63) is 28.8 Å². The molecule has 130 valence electrons. The summed E-state index contributed by atoms with van der Waals surface area (Å²) >= 11 is 6.13. The fourth-order valence-electron chi connectivity index (χ4n) is 2.12. The number of hydrogen-bond donors (Lipinski definition) is 1. The van der Waals surface area contributed by atoms with Gasteiger partial charge in [-0.2, -0.15) is 0 Å². The van der Waals surface area contributed by atoms with Gasteiger partial charge in [-0.25, -0.2) is 4.79 Å². The quantitative estimate of drug-likeness (QED) is 0.829. The molecule has 1 aromatic rings. The molecule has 0 unspecified atom stereocenters. The molecule has 0 heterocycles. The van der Waals surface area contributed by atoms with Crippen LogP contribution in [0.4, 0.5) is 10.5 Å². The number of anilines is 1. The van der Waals surface area contributed by atoms with Gasteiger partial charge in [-0.05, 0) is 66.2 Å². The first-order chi connectivity index (χ1) is 10.4. The summed E-state index contributed by atoms with van der Waals surface area (Å²) in [5, 5.41) is 4.07. The molecule has 0 radical (unpaired) electrons. The molecule has 0 bridgehead atoms. The molecule has 23 heavy (non-hydrogen) atoms. The van der Waals surface area contributed by atoms with E-state index in [-0.39, 0.29) is 11.6 Å². The second kappa shape index (κ2) is 7.43. The monoisotopic (exact) mass is 340 g/mol. The van der Waals surface area contributed by atoms with Crippen molar-refractivity contribution in [3.63, 3.8) is 0 Å². The topological polar surface area (TPSA) is 41.6 Å². The predicted octanol–water partition coefficient (Wildman–Crippen LogP) is 5.10. The summed E-state index contributed by atoms with van der Waals surface area (Å²) in [5.41, 5.74) is 1.18. The van der Waals surface area contributed by atoms with E-state index < -0.39 is 5.60 Å². The van der Waals surface area contributed by atoms with Crippen LogP contribution in [0, 0.1) is 6.92 Å². The van der Waals surface area contributed by atoms with E-state index in [0.29, 0.717) is 13.1 Å². The van der Waals surface area contributed by atoms with Gasteiger partial charge in [-0.15, -0.1) is 0 Å². The Bertz CT molecular complexity index is 545. The Kier molecular flexibility index (Phi) is 6.34. The molecule has 0 saturated heterocycles. The van der Waals surface area contributed by atoms with Crippen molar-refractivity contribution in [1.29, 1.82) is 0 Å². The first-order valence-corrected chi connectivity index (χ1v) is 8.29. The highest BCUT2D eigenvalue weighted by Crippen LogP contribution is 2.23. The van der Waals surface area contributed by atoms with Crippen LogP contribution in [0.25, 0.3) is 0 Å². The van der Waals surface area contributed by atoms with Gasteiger partial charge in [0.05, 0.1) is 0 Å².